The summed E-state index contributed by atoms with van der Waals surface area (Å²) < 4.78 is 49.3. The lowest BCUT2D eigenvalue weighted by Crippen LogP contribution is -2.40. The molecule has 0 amide bonds. The molecule has 2 bridgehead atoms. The minimum atomic E-state index is -4.52. The average Bonchev–Trinajstić information content (AvgIpc) is 2.99. The van der Waals surface area contributed by atoms with Gasteiger partial charge in [0.05, 0.1) is 12.0 Å². The molecule has 0 aliphatic carbocycles. The second kappa shape index (κ2) is 5.18. The van der Waals surface area contributed by atoms with Gasteiger partial charge in [0.15, 0.2) is 24.6 Å². The highest BCUT2D eigenvalue weighted by atomic mass is 32.2. The molecule has 3 heterocycles. The average molecular weight is 336 g/mol. The first-order chi connectivity index (χ1) is 10.2. The molecule has 0 saturated carbocycles. The Morgan fingerprint density at radius 2 is 2.00 bits per heavy atom. The molecule has 22 heavy (non-hydrogen) atoms. The van der Waals surface area contributed by atoms with E-state index in [0.717, 1.165) is 0 Å². The van der Waals surface area contributed by atoms with Gasteiger partial charge in [-0.2, -0.15) is 8.42 Å². The van der Waals surface area contributed by atoms with Crippen molar-refractivity contribution < 1.29 is 46.3 Å². The van der Waals surface area contributed by atoms with E-state index in [1.54, 1.807) is 0 Å². The third kappa shape index (κ3) is 2.78. The van der Waals surface area contributed by atoms with Gasteiger partial charge in [0.1, 0.15) is 6.10 Å². The predicted octanol–water partition coefficient (Wildman–Crippen LogP) is -1.96. The van der Waals surface area contributed by atoms with Gasteiger partial charge in [-0.1, -0.05) is 0 Å². The van der Waals surface area contributed by atoms with Crippen molar-refractivity contribution in [2.75, 3.05) is 12.4 Å². The maximum absolute atomic E-state index is 11.6. The predicted molar refractivity (Wildman–Crippen MR) is 63.9 cm³/mol. The standard InChI is InChI=1S/C11H12O10S/c12-6(2-18-7(13)3-22(15,16)17)20-9-5-1-4-8(19-5)10(9)21-11(4)14/h4-5,8-10H,1-3H2,(H,15,16,17). The molecule has 122 valence electrons. The molecule has 3 saturated heterocycles. The Morgan fingerprint density at radius 1 is 1.27 bits per heavy atom. The monoisotopic (exact) mass is 336 g/mol. The van der Waals surface area contributed by atoms with Gasteiger partial charge in [-0.25, -0.2) is 4.79 Å². The van der Waals surface area contributed by atoms with Gasteiger partial charge >= 0.3 is 17.9 Å². The fourth-order valence-corrected chi connectivity index (χ4v) is 3.28. The first kappa shape index (κ1) is 15.2. The first-order valence-electron chi connectivity index (χ1n) is 6.41. The lowest BCUT2D eigenvalue weighted by atomic mass is 9.88. The van der Waals surface area contributed by atoms with E-state index >= 15 is 0 Å². The Morgan fingerprint density at radius 3 is 2.68 bits per heavy atom. The third-order valence-corrected chi connectivity index (χ3v) is 4.30. The van der Waals surface area contributed by atoms with Crippen LogP contribution in [0.15, 0.2) is 0 Å². The fourth-order valence-electron chi connectivity index (χ4n) is 2.90. The van der Waals surface area contributed by atoms with Crippen LogP contribution in [0.4, 0.5) is 0 Å². The van der Waals surface area contributed by atoms with E-state index in [-0.39, 0.29) is 11.9 Å². The molecule has 0 aromatic carbocycles. The number of carbonyl (C=O) groups is 3. The quantitative estimate of drug-likeness (QED) is 0.341. The van der Waals surface area contributed by atoms with Crippen LogP contribution in [0.25, 0.3) is 0 Å². The summed E-state index contributed by atoms with van der Waals surface area (Å²) in [4.78, 5) is 34.1. The zero-order chi connectivity index (χ0) is 16.1. The molecule has 1 N–H and O–H groups in total. The molecular formula is C11H12O10S. The highest BCUT2D eigenvalue weighted by Crippen LogP contribution is 2.47. The van der Waals surface area contributed by atoms with Gasteiger partial charge in [0.25, 0.3) is 10.1 Å². The summed E-state index contributed by atoms with van der Waals surface area (Å²) in [5, 5.41) is 0. The van der Waals surface area contributed by atoms with Gasteiger partial charge in [0.2, 0.25) is 0 Å². The molecule has 3 aliphatic rings. The summed E-state index contributed by atoms with van der Waals surface area (Å²) in [7, 11) is -4.52. The molecule has 3 rings (SSSR count). The number of ether oxygens (including phenoxy) is 4. The highest BCUT2D eigenvalue weighted by molar-refractivity contribution is 7.86. The smallest absolute Gasteiger partial charge is 0.344 e. The first-order valence-corrected chi connectivity index (χ1v) is 8.02. The molecule has 10 nitrogen and oxygen atoms in total. The number of rotatable bonds is 5. The Hall–Kier alpha value is -1.72. The molecule has 5 unspecified atom stereocenters. The Balaban J connectivity index is 1.49. The molecule has 3 fully saturated rings. The minimum Gasteiger partial charge on any atom is -0.455 e. The van der Waals surface area contributed by atoms with Crippen molar-refractivity contribution in [3.05, 3.63) is 0 Å². The van der Waals surface area contributed by atoms with Crippen LogP contribution in [0, 0.1) is 5.92 Å². The summed E-state index contributed by atoms with van der Waals surface area (Å²) in [6, 6.07) is 0. The highest BCUT2D eigenvalue weighted by Gasteiger charge is 2.65. The van der Waals surface area contributed by atoms with E-state index in [1.165, 1.54) is 0 Å². The maximum Gasteiger partial charge on any atom is 0.344 e. The van der Waals surface area contributed by atoms with Gasteiger partial charge in [-0.15, -0.1) is 0 Å². The summed E-state index contributed by atoms with van der Waals surface area (Å²) >= 11 is 0. The van der Waals surface area contributed by atoms with Crippen molar-refractivity contribution in [1.29, 1.82) is 0 Å². The van der Waals surface area contributed by atoms with Crippen LogP contribution in [0.3, 0.4) is 0 Å². The number of hydrogen-bond acceptors (Lipinski definition) is 9. The minimum absolute atomic E-state index is 0.322. The summed E-state index contributed by atoms with van der Waals surface area (Å²) in [5.74, 6) is -4.16. The van der Waals surface area contributed by atoms with Crippen LogP contribution in [-0.4, -0.2) is 67.7 Å². The topological polar surface area (TPSA) is 142 Å². The van der Waals surface area contributed by atoms with Gasteiger partial charge in [-0.3, -0.25) is 14.1 Å². The molecular weight excluding hydrogens is 324 g/mol. The normalized spacial score (nSPS) is 35.3. The Bertz CT molecular complexity index is 625. The fraction of sp³-hybridized carbons (Fsp3) is 0.727. The molecule has 0 spiro atoms. The largest absolute Gasteiger partial charge is 0.455 e. The van der Waals surface area contributed by atoms with E-state index in [1.807, 2.05) is 0 Å². The lowest BCUT2D eigenvalue weighted by Gasteiger charge is -2.22. The lowest BCUT2D eigenvalue weighted by molar-refractivity contribution is -0.168. The van der Waals surface area contributed by atoms with Crippen molar-refractivity contribution in [3.8, 4) is 0 Å². The number of carbonyl (C=O) groups excluding carboxylic acids is 3. The van der Waals surface area contributed by atoms with Crippen molar-refractivity contribution in [2.24, 2.45) is 5.92 Å². The van der Waals surface area contributed by atoms with E-state index in [9.17, 15) is 22.8 Å². The third-order valence-electron chi connectivity index (χ3n) is 3.70. The molecule has 3 aliphatic heterocycles. The number of esters is 3. The van der Waals surface area contributed by atoms with Crippen LogP contribution in [0.5, 0.6) is 0 Å². The van der Waals surface area contributed by atoms with E-state index in [0.29, 0.717) is 6.42 Å². The molecule has 0 aromatic rings. The van der Waals surface area contributed by atoms with E-state index in [2.05, 4.69) is 4.74 Å². The molecule has 0 radical (unpaired) electrons. The van der Waals surface area contributed by atoms with Gasteiger partial charge in [0, 0.05) is 0 Å². The van der Waals surface area contributed by atoms with Crippen molar-refractivity contribution >= 4 is 28.0 Å². The zero-order valence-electron chi connectivity index (χ0n) is 11.0. The van der Waals surface area contributed by atoms with Gasteiger partial charge in [-0.05, 0) is 6.42 Å². The van der Waals surface area contributed by atoms with Crippen LogP contribution in [0.1, 0.15) is 6.42 Å². The molecule has 11 heteroatoms. The zero-order valence-corrected chi connectivity index (χ0v) is 11.9. The van der Waals surface area contributed by atoms with Crippen molar-refractivity contribution in [2.45, 2.75) is 30.8 Å². The summed E-state index contributed by atoms with van der Waals surface area (Å²) in [5.41, 5.74) is 0. The van der Waals surface area contributed by atoms with Crippen molar-refractivity contribution in [1.82, 2.24) is 0 Å². The van der Waals surface area contributed by atoms with E-state index in [4.69, 9.17) is 18.8 Å². The van der Waals surface area contributed by atoms with Crippen LogP contribution in [0.2, 0.25) is 0 Å². The Labute approximate surface area is 124 Å². The second-order valence-corrected chi connectivity index (χ2v) is 6.68. The maximum atomic E-state index is 11.6. The van der Waals surface area contributed by atoms with Gasteiger partial charge < -0.3 is 18.9 Å². The van der Waals surface area contributed by atoms with Crippen LogP contribution in [-0.2, 0) is 43.4 Å². The summed E-state index contributed by atoms with van der Waals surface area (Å²) in [6.07, 6.45) is -1.88. The second-order valence-electron chi connectivity index (χ2n) is 5.22. The summed E-state index contributed by atoms with van der Waals surface area (Å²) in [6.45, 7) is -0.813. The molecule has 5 atom stereocenters. The number of fused-ring (bicyclic) bond motifs is 1. The van der Waals surface area contributed by atoms with Crippen LogP contribution >= 0.6 is 0 Å². The number of hydrogen-bond donors (Lipinski definition) is 1. The Kier molecular flexibility index (Phi) is 3.57. The molecule has 0 aromatic heterocycles. The van der Waals surface area contributed by atoms with Crippen molar-refractivity contribution in [3.63, 3.8) is 0 Å². The van der Waals surface area contributed by atoms with Crippen LogP contribution < -0.4 is 0 Å². The van der Waals surface area contributed by atoms with E-state index < -0.39 is 58.8 Å². The SMILES string of the molecule is O=C(CS(=O)(=O)O)OCC(=O)OC1C2CC3C(=O)OC1C3O2.